The van der Waals surface area contributed by atoms with Crippen LogP contribution in [0.2, 0.25) is 0 Å². The molecule has 1 aliphatic rings. The van der Waals surface area contributed by atoms with Crippen molar-refractivity contribution in [2.24, 2.45) is 0 Å². The van der Waals surface area contributed by atoms with Crippen molar-refractivity contribution in [2.45, 2.75) is 16.4 Å². The molecule has 9 heteroatoms. The zero-order chi connectivity index (χ0) is 24.9. The first-order valence-electron chi connectivity index (χ1n) is 10.9. The second-order valence-corrected chi connectivity index (χ2v) is 8.42. The van der Waals surface area contributed by atoms with Crippen LogP contribution in [0.15, 0.2) is 96.2 Å². The Labute approximate surface area is 207 Å². The second-order valence-electron chi connectivity index (χ2n) is 7.29. The highest BCUT2D eigenvalue weighted by Crippen LogP contribution is 2.42. The van der Waals surface area contributed by atoms with Crippen LogP contribution >= 0.6 is 11.8 Å². The summed E-state index contributed by atoms with van der Waals surface area (Å²) >= 11 is 1.69. The fourth-order valence-electron chi connectivity index (χ4n) is 3.20. The third-order valence-electron chi connectivity index (χ3n) is 4.74. The van der Waals surface area contributed by atoms with Crippen LogP contribution in [0.25, 0.3) is 0 Å². The number of carboxylic acid groups (broad SMARTS) is 2. The number of rotatable bonds is 8. The maximum absolute atomic E-state index is 9.55. The first-order chi connectivity index (χ1) is 17.0. The van der Waals surface area contributed by atoms with Crippen LogP contribution in [-0.4, -0.2) is 52.9 Å². The standard InChI is InChI=1S/C22H22N2O2S.C4H4O4/c1-3-8-17(9-4-1)21(20-16-23-14-15-25-20)27-22-19(12-7-13-24-22)26-18-10-5-2-6-11-18;5-3(6)1-2-4(7)8/h1-13,20-21,23H,14-16H2;1-2H,(H,5,6)(H,7,8)/t20-,21-;/m0./s1. The number of nitrogens with one attached hydrogen (secondary N) is 1. The molecule has 0 spiro atoms. The molecule has 1 saturated heterocycles. The summed E-state index contributed by atoms with van der Waals surface area (Å²) in [6.07, 6.45) is 3.00. The molecule has 35 heavy (non-hydrogen) atoms. The number of hydrogen-bond acceptors (Lipinski definition) is 7. The Morgan fingerprint density at radius 3 is 2.26 bits per heavy atom. The molecule has 1 aliphatic heterocycles. The highest BCUT2D eigenvalue weighted by atomic mass is 32.2. The predicted molar refractivity (Wildman–Crippen MR) is 133 cm³/mol. The summed E-state index contributed by atoms with van der Waals surface area (Å²) in [7, 11) is 0. The summed E-state index contributed by atoms with van der Waals surface area (Å²) in [5, 5.41) is 20.1. The van der Waals surface area contributed by atoms with Crippen molar-refractivity contribution in [1.29, 1.82) is 0 Å². The fourth-order valence-corrected chi connectivity index (χ4v) is 4.41. The molecule has 2 aromatic carbocycles. The van der Waals surface area contributed by atoms with Gasteiger partial charge >= 0.3 is 11.9 Å². The number of benzene rings is 2. The van der Waals surface area contributed by atoms with E-state index in [0.717, 1.165) is 36.2 Å². The predicted octanol–water partition coefficient (Wildman–Crippen LogP) is 4.41. The molecule has 8 nitrogen and oxygen atoms in total. The molecule has 0 saturated carbocycles. The summed E-state index contributed by atoms with van der Waals surface area (Å²) in [5.74, 6) is -0.947. The molecule has 2 heterocycles. The SMILES string of the molecule is O=C(O)C=CC(=O)O.c1ccc(Oc2cccnc2S[C@@H](c2ccccc2)[C@@H]2CNCCO2)cc1. The maximum atomic E-state index is 9.55. The Hall–Kier alpha value is -3.66. The van der Waals surface area contributed by atoms with E-state index in [4.69, 9.17) is 19.7 Å². The number of pyridine rings is 1. The van der Waals surface area contributed by atoms with Crippen LogP contribution < -0.4 is 10.1 Å². The molecule has 0 bridgehead atoms. The van der Waals surface area contributed by atoms with Gasteiger partial charge in [0.25, 0.3) is 0 Å². The number of ether oxygens (including phenoxy) is 2. The molecule has 4 rings (SSSR count). The van der Waals surface area contributed by atoms with E-state index in [-0.39, 0.29) is 11.4 Å². The van der Waals surface area contributed by atoms with Gasteiger partial charge in [0.05, 0.1) is 18.0 Å². The molecule has 3 aromatic rings. The Bertz CT molecular complexity index is 1090. The van der Waals surface area contributed by atoms with Crippen molar-refractivity contribution in [1.82, 2.24) is 10.3 Å². The Balaban J connectivity index is 0.000000371. The molecule has 0 amide bonds. The van der Waals surface area contributed by atoms with Gasteiger partial charge < -0.3 is 25.0 Å². The molecule has 3 N–H and O–H groups in total. The van der Waals surface area contributed by atoms with Gasteiger partial charge in [-0.1, -0.05) is 60.3 Å². The minimum absolute atomic E-state index is 0.0812. The lowest BCUT2D eigenvalue weighted by Crippen LogP contribution is -2.41. The zero-order valence-electron chi connectivity index (χ0n) is 18.8. The zero-order valence-corrected chi connectivity index (χ0v) is 19.6. The van der Waals surface area contributed by atoms with Gasteiger partial charge in [0, 0.05) is 31.4 Å². The van der Waals surface area contributed by atoms with E-state index in [9.17, 15) is 9.59 Å². The van der Waals surface area contributed by atoms with Crippen molar-refractivity contribution in [3.05, 3.63) is 96.7 Å². The largest absolute Gasteiger partial charge is 0.478 e. The maximum Gasteiger partial charge on any atom is 0.328 e. The van der Waals surface area contributed by atoms with E-state index < -0.39 is 11.9 Å². The summed E-state index contributed by atoms with van der Waals surface area (Å²) in [6.45, 7) is 2.45. The minimum atomic E-state index is -1.26. The topological polar surface area (TPSA) is 118 Å². The average Bonchev–Trinajstić information content (AvgIpc) is 2.89. The van der Waals surface area contributed by atoms with Crippen molar-refractivity contribution in [3.63, 3.8) is 0 Å². The van der Waals surface area contributed by atoms with Gasteiger partial charge in [-0.2, -0.15) is 0 Å². The summed E-state index contributed by atoms with van der Waals surface area (Å²) in [6, 6.07) is 24.1. The monoisotopic (exact) mass is 494 g/mol. The molecule has 0 aliphatic carbocycles. The molecular formula is C26H26N2O6S. The third kappa shape index (κ3) is 8.90. The van der Waals surface area contributed by atoms with Crippen molar-refractivity contribution in [2.75, 3.05) is 19.7 Å². The second kappa shape index (κ2) is 13.9. The first kappa shape index (κ1) is 26.0. The van der Waals surface area contributed by atoms with Crippen LogP contribution in [0, 0.1) is 0 Å². The fraction of sp³-hybridized carbons (Fsp3) is 0.192. The first-order valence-corrected chi connectivity index (χ1v) is 11.8. The number of aromatic nitrogens is 1. The van der Waals surface area contributed by atoms with Crippen molar-refractivity contribution < 1.29 is 29.3 Å². The molecular weight excluding hydrogens is 468 g/mol. The average molecular weight is 495 g/mol. The number of carboxylic acids is 2. The highest BCUT2D eigenvalue weighted by molar-refractivity contribution is 7.99. The van der Waals surface area contributed by atoms with Gasteiger partial charge in [-0.3, -0.25) is 0 Å². The van der Waals surface area contributed by atoms with Gasteiger partial charge in [0.1, 0.15) is 10.8 Å². The highest BCUT2D eigenvalue weighted by Gasteiger charge is 2.28. The number of para-hydroxylation sites is 1. The van der Waals surface area contributed by atoms with Crippen molar-refractivity contribution in [3.8, 4) is 11.5 Å². The number of hydrogen-bond donors (Lipinski definition) is 3. The van der Waals surface area contributed by atoms with Crippen LogP contribution in [0.3, 0.4) is 0 Å². The number of nitrogens with zero attached hydrogens (tertiary/aromatic N) is 1. The Morgan fingerprint density at radius 2 is 1.66 bits per heavy atom. The number of aliphatic carboxylic acids is 2. The summed E-state index contributed by atoms with van der Waals surface area (Å²) < 4.78 is 12.2. The lowest BCUT2D eigenvalue weighted by Gasteiger charge is -2.31. The van der Waals surface area contributed by atoms with Crippen LogP contribution in [-0.2, 0) is 14.3 Å². The normalized spacial score (nSPS) is 16.1. The van der Waals surface area contributed by atoms with Gasteiger partial charge in [-0.05, 0) is 29.8 Å². The third-order valence-corrected chi connectivity index (χ3v) is 6.10. The molecule has 0 unspecified atom stereocenters. The summed E-state index contributed by atoms with van der Waals surface area (Å²) in [5.41, 5.74) is 1.23. The van der Waals surface area contributed by atoms with E-state index >= 15 is 0 Å². The minimum Gasteiger partial charge on any atom is -0.478 e. The molecule has 0 radical (unpaired) electrons. The number of thioether (sulfide) groups is 1. The lowest BCUT2D eigenvalue weighted by atomic mass is 10.1. The van der Waals surface area contributed by atoms with E-state index in [0.29, 0.717) is 12.2 Å². The van der Waals surface area contributed by atoms with E-state index in [1.165, 1.54) is 5.56 Å². The van der Waals surface area contributed by atoms with Gasteiger partial charge in [-0.25, -0.2) is 14.6 Å². The number of carbonyl (C=O) groups is 2. The molecule has 2 atom stereocenters. The Kier molecular flexibility index (Phi) is 10.3. The van der Waals surface area contributed by atoms with E-state index in [1.807, 2.05) is 54.7 Å². The van der Waals surface area contributed by atoms with Crippen molar-refractivity contribution >= 4 is 23.7 Å². The lowest BCUT2D eigenvalue weighted by molar-refractivity contribution is -0.134. The van der Waals surface area contributed by atoms with E-state index in [1.54, 1.807) is 11.8 Å². The van der Waals surface area contributed by atoms with E-state index in [2.05, 4.69) is 34.6 Å². The summed E-state index contributed by atoms with van der Waals surface area (Å²) in [4.78, 5) is 23.7. The van der Waals surface area contributed by atoms with Crippen LogP contribution in [0.5, 0.6) is 11.5 Å². The van der Waals surface area contributed by atoms with Gasteiger partial charge in [0.15, 0.2) is 5.75 Å². The van der Waals surface area contributed by atoms with Gasteiger partial charge in [0.2, 0.25) is 0 Å². The van der Waals surface area contributed by atoms with Crippen LogP contribution in [0.1, 0.15) is 10.8 Å². The quantitative estimate of drug-likeness (QED) is 0.309. The smallest absolute Gasteiger partial charge is 0.328 e. The van der Waals surface area contributed by atoms with Gasteiger partial charge in [-0.15, -0.1) is 0 Å². The molecule has 1 aromatic heterocycles. The molecule has 1 fully saturated rings. The number of morpholine rings is 1. The molecule has 182 valence electrons. The van der Waals surface area contributed by atoms with Crippen LogP contribution in [0.4, 0.5) is 0 Å². The Morgan fingerprint density at radius 1 is 1.00 bits per heavy atom.